The van der Waals surface area contributed by atoms with E-state index in [0.717, 1.165) is 0 Å². The number of hydrogen-bond donors (Lipinski definition) is 3. The Morgan fingerprint density at radius 1 is 1.44 bits per heavy atom. The van der Waals surface area contributed by atoms with Crippen LogP contribution in [-0.2, 0) is 9.84 Å². The lowest BCUT2D eigenvalue weighted by Gasteiger charge is -2.22. The minimum absolute atomic E-state index is 0.0554. The molecule has 4 N–H and O–H groups in total. The number of nitrogens with one attached hydrogen (secondary N) is 2. The Hall–Kier alpha value is -1.88. The third-order valence-electron chi connectivity index (χ3n) is 3.73. The Morgan fingerprint density at radius 2 is 2.08 bits per heavy atom. The van der Waals surface area contributed by atoms with Crippen LogP contribution < -0.4 is 16.6 Å². The van der Waals surface area contributed by atoms with Gasteiger partial charge in [0.05, 0.1) is 10.9 Å². The average Bonchev–Trinajstić information content (AvgIpc) is 2.72. The maximum Gasteiger partial charge on any atom is 0.326 e. The van der Waals surface area contributed by atoms with Gasteiger partial charge in [-0.1, -0.05) is 29.3 Å². The molecular weight excluding hydrogens is 395 g/mol. The average molecular weight is 409 g/mol. The molecule has 1 aromatic rings. The van der Waals surface area contributed by atoms with Crippen molar-refractivity contribution < 1.29 is 18.1 Å². The number of primary amides is 1. The molecule has 0 fully saturated rings. The first-order valence-corrected chi connectivity index (χ1v) is 9.28. The van der Waals surface area contributed by atoms with Crippen LogP contribution in [0.25, 0.3) is 0 Å². The molecule has 1 aliphatic rings. The number of sulfone groups is 1. The molecule has 0 saturated heterocycles. The zero-order valence-electron chi connectivity index (χ0n) is 12.8. The number of carbonyl (C=O) groups is 1. The molecule has 25 heavy (non-hydrogen) atoms. The maximum atomic E-state index is 12.5. The minimum atomic E-state index is -3.96. The Labute approximate surface area is 153 Å². The van der Waals surface area contributed by atoms with Crippen LogP contribution in [0.3, 0.4) is 0 Å². The van der Waals surface area contributed by atoms with Crippen LogP contribution in [0.4, 0.5) is 4.79 Å². The first-order valence-electron chi connectivity index (χ1n) is 6.87. The predicted octanol–water partition coefficient (Wildman–Crippen LogP) is 1.56. The molecule has 9 nitrogen and oxygen atoms in total. The SMILES string of the molecule is CC1=C(C(NNC(N)=O)c2ccc(Cl)cc2Cl)S(=O)(=O)CC1[N+](=O)[O-]. The summed E-state index contributed by atoms with van der Waals surface area (Å²) in [5.74, 6) is -0.666. The quantitative estimate of drug-likeness (QED) is 0.497. The van der Waals surface area contributed by atoms with Gasteiger partial charge in [0.2, 0.25) is 6.04 Å². The lowest BCUT2D eigenvalue weighted by atomic mass is 10.0. The molecule has 0 radical (unpaired) electrons. The lowest BCUT2D eigenvalue weighted by molar-refractivity contribution is -0.505. The van der Waals surface area contributed by atoms with Gasteiger partial charge in [-0.25, -0.2) is 18.6 Å². The van der Waals surface area contributed by atoms with E-state index in [-0.39, 0.29) is 21.1 Å². The third-order valence-corrected chi connectivity index (χ3v) is 6.28. The van der Waals surface area contributed by atoms with Crippen molar-refractivity contribution in [3.05, 3.63) is 54.4 Å². The van der Waals surface area contributed by atoms with Crippen LogP contribution in [0.15, 0.2) is 28.7 Å². The Morgan fingerprint density at radius 3 is 2.56 bits per heavy atom. The minimum Gasteiger partial charge on any atom is -0.351 e. The fourth-order valence-corrected chi connectivity index (χ4v) is 5.28. The van der Waals surface area contributed by atoms with Crippen LogP contribution in [0, 0.1) is 10.1 Å². The summed E-state index contributed by atoms with van der Waals surface area (Å²) in [6, 6.07) is 0.829. The van der Waals surface area contributed by atoms with Gasteiger partial charge < -0.3 is 5.73 Å². The second-order valence-electron chi connectivity index (χ2n) is 5.36. The van der Waals surface area contributed by atoms with E-state index in [0.29, 0.717) is 5.02 Å². The highest BCUT2D eigenvalue weighted by Gasteiger charge is 2.46. The zero-order chi connectivity index (χ0) is 18.9. The first-order chi connectivity index (χ1) is 11.5. The van der Waals surface area contributed by atoms with E-state index in [2.05, 4.69) is 10.9 Å². The number of halogens is 2. The molecule has 2 atom stereocenters. The number of nitrogens with zero attached hydrogens (tertiary/aromatic N) is 1. The smallest absolute Gasteiger partial charge is 0.326 e. The first kappa shape index (κ1) is 19.4. The van der Waals surface area contributed by atoms with Crippen LogP contribution in [0.2, 0.25) is 10.0 Å². The largest absolute Gasteiger partial charge is 0.351 e. The third kappa shape index (κ3) is 4.03. The van der Waals surface area contributed by atoms with E-state index in [1.807, 2.05) is 0 Å². The summed E-state index contributed by atoms with van der Waals surface area (Å²) in [5, 5.41) is 11.6. The van der Waals surface area contributed by atoms with Gasteiger partial charge in [0.15, 0.2) is 9.84 Å². The Kier molecular flexibility index (Phi) is 5.57. The van der Waals surface area contributed by atoms with Gasteiger partial charge in [-0.15, -0.1) is 0 Å². The summed E-state index contributed by atoms with van der Waals surface area (Å²) >= 11 is 12.0. The van der Waals surface area contributed by atoms with Crippen molar-refractivity contribution in [2.45, 2.75) is 19.0 Å². The molecule has 1 aromatic carbocycles. The molecule has 2 rings (SSSR count). The van der Waals surface area contributed by atoms with Crippen molar-refractivity contribution in [3.63, 3.8) is 0 Å². The number of nitrogens with two attached hydrogens (primary N) is 1. The summed E-state index contributed by atoms with van der Waals surface area (Å²) in [7, 11) is -3.96. The molecule has 1 aliphatic heterocycles. The van der Waals surface area contributed by atoms with E-state index in [1.165, 1.54) is 25.1 Å². The fourth-order valence-electron chi connectivity index (χ4n) is 2.62. The number of hydrazine groups is 1. The molecule has 2 unspecified atom stereocenters. The number of rotatable bonds is 5. The molecule has 136 valence electrons. The topological polar surface area (TPSA) is 144 Å². The predicted molar refractivity (Wildman–Crippen MR) is 92.3 cm³/mol. The number of hydrogen-bond acceptors (Lipinski definition) is 6. The van der Waals surface area contributed by atoms with Crippen molar-refractivity contribution >= 4 is 39.1 Å². The summed E-state index contributed by atoms with van der Waals surface area (Å²) < 4.78 is 25.0. The number of urea groups is 1. The van der Waals surface area contributed by atoms with Crippen LogP contribution >= 0.6 is 23.2 Å². The summed E-state index contributed by atoms with van der Waals surface area (Å²) in [6.45, 7) is 1.36. The van der Waals surface area contributed by atoms with Gasteiger partial charge in [0, 0.05) is 20.5 Å². The van der Waals surface area contributed by atoms with Crippen LogP contribution in [0.5, 0.6) is 0 Å². The summed E-state index contributed by atoms with van der Waals surface area (Å²) in [4.78, 5) is 21.3. The van der Waals surface area contributed by atoms with E-state index >= 15 is 0 Å². The number of nitro groups is 1. The molecule has 0 bridgehead atoms. The molecule has 0 aliphatic carbocycles. The van der Waals surface area contributed by atoms with Crippen molar-refractivity contribution in [2.75, 3.05) is 5.75 Å². The molecule has 2 amide bonds. The summed E-state index contributed by atoms with van der Waals surface area (Å²) in [6.07, 6.45) is 0. The fraction of sp³-hybridized carbons (Fsp3) is 0.308. The number of carbonyl (C=O) groups excluding carboxylic acids is 1. The van der Waals surface area contributed by atoms with Gasteiger partial charge in [0.25, 0.3) is 0 Å². The Bertz CT molecular complexity index is 871. The van der Waals surface area contributed by atoms with Gasteiger partial charge in [-0.3, -0.25) is 15.5 Å². The Balaban J connectivity index is 2.62. The second-order valence-corrected chi connectivity index (χ2v) is 8.21. The van der Waals surface area contributed by atoms with Crippen molar-refractivity contribution in [3.8, 4) is 0 Å². The highest BCUT2D eigenvalue weighted by Crippen LogP contribution is 2.39. The lowest BCUT2D eigenvalue weighted by Crippen LogP contribution is -2.44. The van der Waals surface area contributed by atoms with Crippen LogP contribution in [0.1, 0.15) is 18.5 Å². The molecule has 0 aromatic heterocycles. The highest BCUT2D eigenvalue weighted by atomic mass is 35.5. The second kappa shape index (κ2) is 7.16. The molecule has 0 saturated carbocycles. The monoisotopic (exact) mass is 408 g/mol. The van der Waals surface area contributed by atoms with E-state index in [4.69, 9.17) is 28.9 Å². The molecule has 0 spiro atoms. The maximum absolute atomic E-state index is 12.5. The van der Waals surface area contributed by atoms with E-state index in [9.17, 15) is 23.3 Å². The highest BCUT2D eigenvalue weighted by molar-refractivity contribution is 7.95. The van der Waals surface area contributed by atoms with Crippen molar-refractivity contribution in [1.82, 2.24) is 10.9 Å². The van der Waals surface area contributed by atoms with Crippen molar-refractivity contribution in [2.24, 2.45) is 5.73 Å². The van der Waals surface area contributed by atoms with Crippen molar-refractivity contribution in [1.29, 1.82) is 0 Å². The van der Waals surface area contributed by atoms with E-state index < -0.39 is 38.6 Å². The van der Waals surface area contributed by atoms with Gasteiger partial charge in [-0.2, -0.15) is 0 Å². The molecular formula is C13H14Cl2N4O5S. The standard InChI is InChI=1S/C13H14Cl2N4O5S/c1-6-10(19(21)22)5-25(23,24)12(6)11(17-18-13(16)20)8-3-2-7(14)4-9(8)15/h2-4,10-11,17H,5H2,1H3,(H3,16,18,20). The van der Waals surface area contributed by atoms with Gasteiger partial charge >= 0.3 is 6.03 Å². The van der Waals surface area contributed by atoms with E-state index in [1.54, 1.807) is 0 Å². The van der Waals surface area contributed by atoms with Crippen LogP contribution in [-0.4, -0.2) is 31.2 Å². The number of benzene rings is 1. The number of amides is 2. The van der Waals surface area contributed by atoms with Gasteiger partial charge in [0.1, 0.15) is 5.75 Å². The normalized spacial score (nSPS) is 20.4. The zero-order valence-corrected chi connectivity index (χ0v) is 15.2. The summed E-state index contributed by atoms with van der Waals surface area (Å²) in [5.41, 5.74) is 9.90. The molecule has 12 heteroatoms. The van der Waals surface area contributed by atoms with Gasteiger partial charge in [-0.05, 0) is 24.6 Å². The molecule has 1 heterocycles.